The predicted molar refractivity (Wildman–Crippen MR) is 99.2 cm³/mol. The summed E-state index contributed by atoms with van der Waals surface area (Å²) >= 11 is 5.34. The number of benzene rings is 2. The van der Waals surface area contributed by atoms with Crippen molar-refractivity contribution in [1.29, 1.82) is 0 Å². The van der Waals surface area contributed by atoms with Crippen LogP contribution in [0.15, 0.2) is 54.7 Å². The molecule has 0 saturated carbocycles. The molecule has 4 nitrogen and oxygen atoms in total. The molecule has 0 unspecified atom stereocenters. The van der Waals surface area contributed by atoms with Crippen LogP contribution in [0.25, 0.3) is 10.9 Å². The van der Waals surface area contributed by atoms with Crippen LogP contribution >= 0.6 is 12.2 Å². The highest BCUT2D eigenvalue weighted by atomic mass is 32.1. The summed E-state index contributed by atoms with van der Waals surface area (Å²) in [7, 11) is 1.65. The lowest BCUT2D eigenvalue weighted by Gasteiger charge is -2.11. The highest BCUT2D eigenvalue weighted by Gasteiger charge is 2.03. The molecule has 3 N–H and O–H groups in total. The van der Waals surface area contributed by atoms with Crippen LogP contribution in [-0.2, 0) is 6.42 Å². The molecule has 0 saturated heterocycles. The van der Waals surface area contributed by atoms with Crippen LogP contribution in [0.2, 0.25) is 0 Å². The lowest BCUT2D eigenvalue weighted by Crippen LogP contribution is -2.30. The van der Waals surface area contributed by atoms with E-state index in [1.807, 2.05) is 30.3 Å². The fourth-order valence-corrected chi connectivity index (χ4v) is 2.75. The van der Waals surface area contributed by atoms with Crippen LogP contribution < -0.4 is 15.4 Å². The first-order valence-corrected chi connectivity index (χ1v) is 7.91. The number of methoxy groups -OCH3 is 1. The van der Waals surface area contributed by atoms with Gasteiger partial charge in [0.15, 0.2) is 5.11 Å². The molecule has 23 heavy (non-hydrogen) atoms. The molecule has 2 aromatic carbocycles. The van der Waals surface area contributed by atoms with E-state index in [1.54, 1.807) is 7.11 Å². The molecule has 0 aliphatic heterocycles. The van der Waals surface area contributed by atoms with Crippen LogP contribution in [0.5, 0.6) is 5.75 Å². The predicted octanol–water partition coefficient (Wildman–Crippen LogP) is 3.71. The van der Waals surface area contributed by atoms with E-state index >= 15 is 0 Å². The number of ether oxygens (including phenoxy) is 1. The van der Waals surface area contributed by atoms with E-state index in [-0.39, 0.29) is 0 Å². The van der Waals surface area contributed by atoms with E-state index in [9.17, 15) is 0 Å². The quantitative estimate of drug-likeness (QED) is 0.626. The van der Waals surface area contributed by atoms with E-state index < -0.39 is 0 Å². The second-order valence-corrected chi connectivity index (χ2v) is 5.63. The molecule has 0 aliphatic carbocycles. The summed E-state index contributed by atoms with van der Waals surface area (Å²) in [5.41, 5.74) is 3.37. The van der Waals surface area contributed by atoms with Crippen molar-refractivity contribution in [1.82, 2.24) is 10.3 Å². The van der Waals surface area contributed by atoms with Crippen LogP contribution in [0.1, 0.15) is 5.56 Å². The lowest BCUT2D eigenvalue weighted by molar-refractivity contribution is 0.415. The average molecular weight is 325 g/mol. The van der Waals surface area contributed by atoms with Gasteiger partial charge in [0, 0.05) is 35.4 Å². The van der Waals surface area contributed by atoms with Gasteiger partial charge in [0.05, 0.1) is 7.11 Å². The third-order valence-electron chi connectivity index (χ3n) is 3.68. The molecule has 3 rings (SSSR count). The normalized spacial score (nSPS) is 10.5. The maximum atomic E-state index is 5.34. The molecule has 0 fully saturated rings. The Hall–Kier alpha value is -2.53. The second-order valence-electron chi connectivity index (χ2n) is 5.22. The van der Waals surface area contributed by atoms with Crippen molar-refractivity contribution in [2.45, 2.75) is 6.42 Å². The fourth-order valence-electron chi connectivity index (χ4n) is 2.53. The van der Waals surface area contributed by atoms with Crippen molar-refractivity contribution < 1.29 is 4.74 Å². The van der Waals surface area contributed by atoms with Gasteiger partial charge in [0.2, 0.25) is 0 Å². The van der Waals surface area contributed by atoms with Gasteiger partial charge in [0.1, 0.15) is 5.75 Å². The SMILES string of the molecule is COc1cccc(NC(=S)NCCc2c[nH]c3ccccc23)c1. The largest absolute Gasteiger partial charge is 0.497 e. The van der Waals surface area contributed by atoms with Gasteiger partial charge in [-0.1, -0.05) is 24.3 Å². The maximum absolute atomic E-state index is 5.34. The van der Waals surface area contributed by atoms with E-state index in [0.29, 0.717) is 5.11 Å². The van der Waals surface area contributed by atoms with Crippen LogP contribution in [-0.4, -0.2) is 23.8 Å². The summed E-state index contributed by atoms with van der Waals surface area (Å²) in [4.78, 5) is 3.29. The van der Waals surface area contributed by atoms with Crippen LogP contribution in [0.3, 0.4) is 0 Å². The number of aromatic amines is 1. The standard InChI is InChI=1S/C18H19N3OS/c1-22-15-6-4-5-14(11-15)21-18(23)19-10-9-13-12-20-17-8-3-2-7-16(13)17/h2-8,11-12,20H,9-10H2,1H3,(H2,19,21,23). The van der Waals surface area contributed by atoms with Crippen LogP contribution in [0.4, 0.5) is 5.69 Å². The Labute approximate surface area is 140 Å². The molecule has 1 heterocycles. The van der Waals surface area contributed by atoms with Gasteiger partial charge >= 0.3 is 0 Å². The smallest absolute Gasteiger partial charge is 0.170 e. The van der Waals surface area contributed by atoms with E-state index in [4.69, 9.17) is 17.0 Å². The Morgan fingerprint density at radius 1 is 1.17 bits per heavy atom. The lowest BCUT2D eigenvalue weighted by atomic mass is 10.1. The highest BCUT2D eigenvalue weighted by molar-refractivity contribution is 7.80. The number of hydrogen-bond donors (Lipinski definition) is 3. The molecular formula is C18H19N3OS. The molecule has 0 aliphatic rings. The van der Waals surface area contributed by atoms with Gasteiger partial charge < -0.3 is 20.4 Å². The number of anilines is 1. The fraction of sp³-hybridized carbons (Fsp3) is 0.167. The van der Waals surface area contributed by atoms with Gasteiger partial charge in [-0.15, -0.1) is 0 Å². The second kappa shape index (κ2) is 7.15. The van der Waals surface area contributed by atoms with Gasteiger partial charge in [-0.25, -0.2) is 0 Å². The molecule has 3 aromatic rings. The summed E-state index contributed by atoms with van der Waals surface area (Å²) in [6, 6.07) is 16.0. The minimum atomic E-state index is 0.609. The monoisotopic (exact) mass is 325 g/mol. The zero-order chi connectivity index (χ0) is 16.1. The van der Waals surface area contributed by atoms with E-state index in [2.05, 4.69) is 40.0 Å². The van der Waals surface area contributed by atoms with Crippen molar-refractivity contribution >= 4 is 33.9 Å². The Morgan fingerprint density at radius 3 is 2.91 bits per heavy atom. The van der Waals surface area contributed by atoms with Crippen molar-refractivity contribution in [2.24, 2.45) is 0 Å². The van der Waals surface area contributed by atoms with Crippen molar-refractivity contribution in [3.8, 4) is 5.75 Å². The first-order valence-electron chi connectivity index (χ1n) is 7.50. The van der Waals surface area contributed by atoms with Gasteiger partial charge in [-0.2, -0.15) is 0 Å². The van der Waals surface area contributed by atoms with Gasteiger partial charge in [-0.3, -0.25) is 0 Å². The first-order chi connectivity index (χ1) is 11.3. The molecule has 118 valence electrons. The number of hydrogen-bond acceptors (Lipinski definition) is 2. The zero-order valence-corrected chi connectivity index (χ0v) is 13.7. The minimum Gasteiger partial charge on any atom is -0.497 e. The van der Waals surface area contributed by atoms with E-state index in [1.165, 1.54) is 16.5 Å². The molecule has 0 amide bonds. The average Bonchev–Trinajstić information content (AvgIpc) is 2.98. The Kier molecular flexibility index (Phi) is 4.78. The number of H-pyrrole nitrogens is 1. The van der Waals surface area contributed by atoms with E-state index in [0.717, 1.165) is 24.4 Å². The Bertz CT molecular complexity index is 813. The van der Waals surface area contributed by atoms with Crippen molar-refractivity contribution in [2.75, 3.05) is 19.0 Å². The summed E-state index contributed by atoms with van der Waals surface area (Å²) in [5.74, 6) is 0.802. The third kappa shape index (κ3) is 3.81. The molecule has 0 atom stereocenters. The number of thiocarbonyl (C=S) groups is 1. The summed E-state index contributed by atoms with van der Waals surface area (Å²) in [6.07, 6.45) is 2.97. The highest BCUT2D eigenvalue weighted by Crippen LogP contribution is 2.18. The molecule has 0 spiro atoms. The summed E-state index contributed by atoms with van der Waals surface area (Å²) in [6.45, 7) is 0.775. The molecular weight excluding hydrogens is 306 g/mol. The summed E-state index contributed by atoms with van der Waals surface area (Å²) in [5, 5.41) is 8.28. The van der Waals surface area contributed by atoms with Gasteiger partial charge in [-0.05, 0) is 42.4 Å². The Morgan fingerprint density at radius 2 is 2.04 bits per heavy atom. The molecule has 0 bridgehead atoms. The number of rotatable bonds is 5. The zero-order valence-electron chi connectivity index (χ0n) is 12.9. The van der Waals surface area contributed by atoms with Crippen molar-refractivity contribution in [3.05, 3.63) is 60.3 Å². The first kappa shape index (κ1) is 15.4. The molecule has 0 radical (unpaired) electrons. The van der Waals surface area contributed by atoms with Crippen molar-refractivity contribution in [3.63, 3.8) is 0 Å². The maximum Gasteiger partial charge on any atom is 0.170 e. The minimum absolute atomic E-state index is 0.609. The third-order valence-corrected chi connectivity index (χ3v) is 3.93. The summed E-state index contributed by atoms with van der Waals surface area (Å²) < 4.78 is 5.20. The topological polar surface area (TPSA) is 49.1 Å². The Balaban J connectivity index is 1.53. The number of fused-ring (bicyclic) bond motifs is 1. The number of aromatic nitrogens is 1. The number of nitrogens with one attached hydrogen (secondary N) is 3. The van der Waals surface area contributed by atoms with Gasteiger partial charge in [0.25, 0.3) is 0 Å². The molecule has 5 heteroatoms. The van der Waals surface area contributed by atoms with Crippen LogP contribution in [0, 0.1) is 0 Å². The molecule has 1 aromatic heterocycles. The number of para-hydroxylation sites is 1.